The average molecular weight is 240 g/mol. The van der Waals surface area contributed by atoms with Crippen molar-refractivity contribution in [2.24, 2.45) is 0 Å². The second-order valence-electron chi connectivity index (χ2n) is 5.52. The van der Waals surface area contributed by atoms with Crippen molar-refractivity contribution in [2.45, 2.75) is 50.7 Å². The Balaban J connectivity index is 1.94. The molecular formula is C13H24N2O2. The van der Waals surface area contributed by atoms with Gasteiger partial charge in [-0.15, -0.1) is 0 Å². The standard InChI is InChI=1S/C13H24N2O2/c1-13(17-2)7-5-9-15(10-13)12(16)11-6-3-4-8-14-11/h11,14H,3-10H2,1-2H3/t11-,13?/m0/s1. The molecule has 0 spiro atoms. The summed E-state index contributed by atoms with van der Waals surface area (Å²) in [6.07, 6.45) is 5.44. The zero-order valence-corrected chi connectivity index (χ0v) is 11.0. The van der Waals surface area contributed by atoms with Crippen LogP contribution in [0.2, 0.25) is 0 Å². The fraction of sp³-hybridized carbons (Fsp3) is 0.923. The molecule has 2 heterocycles. The minimum Gasteiger partial charge on any atom is -0.377 e. The van der Waals surface area contributed by atoms with Crippen molar-refractivity contribution in [2.75, 3.05) is 26.7 Å². The van der Waals surface area contributed by atoms with Crippen LogP contribution in [0.3, 0.4) is 0 Å². The van der Waals surface area contributed by atoms with Gasteiger partial charge >= 0.3 is 0 Å². The lowest BCUT2D eigenvalue weighted by Gasteiger charge is -2.41. The summed E-state index contributed by atoms with van der Waals surface area (Å²) in [7, 11) is 1.74. The maximum Gasteiger partial charge on any atom is 0.239 e. The fourth-order valence-corrected chi connectivity index (χ4v) is 2.84. The van der Waals surface area contributed by atoms with Crippen LogP contribution in [0.15, 0.2) is 0 Å². The molecule has 0 aromatic carbocycles. The zero-order chi connectivity index (χ0) is 12.3. The number of hydrogen-bond donors (Lipinski definition) is 1. The van der Waals surface area contributed by atoms with E-state index in [1.807, 2.05) is 4.90 Å². The number of ether oxygens (including phenoxy) is 1. The SMILES string of the molecule is COC1(C)CCCN(C(=O)[C@@H]2CCCCN2)C1. The Hall–Kier alpha value is -0.610. The number of carbonyl (C=O) groups excluding carboxylic acids is 1. The Labute approximate surface area is 104 Å². The van der Waals surface area contributed by atoms with Gasteiger partial charge in [-0.1, -0.05) is 6.42 Å². The molecule has 1 unspecified atom stereocenters. The molecule has 0 bridgehead atoms. The highest BCUT2D eigenvalue weighted by molar-refractivity contribution is 5.82. The molecule has 1 amide bonds. The Morgan fingerprint density at radius 1 is 1.41 bits per heavy atom. The molecule has 4 heteroatoms. The fourth-order valence-electron chi connectivity index (χ4n) is 2.84. The highest BCUT2D eigenvalue weighted by atomic mass is 16.5. The number of rotatable bonds is 2. The van der Waals surface area contributed by atoms with Crippen LogP contribution in [0.5, 0.6) is 0 Å². The molecule has 0 aromatic rings. The van der Waals surface area contributed by atoms with Crippen molar-refractivity contribution in [3.63, 3.8) is 0 Å². The van der Waals surface area contributed by atoms with Crippen LogP contribution in [-0.2, 0) is 9.53 Å². The third-order valence-electron chi connectivity index (χ3n) is 4.07. The van der Waals surface area contributed by atoms with Gasteiger partial charge in [-0.25, -0.2) is 0 Å². The molecule has 2 rings (SSSR count). The van der Waals surface area contributed by atoms with Gasteiger partial charge in [0, 0.05) is 20.2 Å². The predicted octanol–water partition coefficient (Wildman–Crippen LogP) is 1.16. The largest absolute Gasteiger partial charge is 0.377 e. The van der Waals surface area contributed by atoms with Crippen molar-refractivity contribution in [3.8, 4) is 0 Å². The van der Waals surface area contributed by atoms with Crippen LogP contribution in [0.4, 0.5) is 0 Å². The van der Waals surface area contributed by atoms with Crippen molar-refractivity contribution < 1.29 is 9.53 Å². The lowest BCUT2D eigenvalue weighted by Crippen LogP contribution is -2.55. The summed E-state index contributed by atoms with van der Waals surface area (Å²) < 4.78 is 5.53. The van der Waals surface area contributed by atoms with Crippen molar-refractivity contribution in [1.29, 1.82) is 0 Å². The monoisotopic (exact) mass is 240 g/mol. The number of piperidine rings is 2. The third kappa shape index (κ3) is 2.99. The highest BCUT2D eigenvalue weighted by Crippen LogP contribution is 2.25. The quantitative estimate of drug-likeness (QED) is 0.787. The van der Waals surface area contributed by atoms with Gasteiger partial charge in [0.25, 0.3) is 0 Å². The first-order valence-electron chi connectivity index (χ1n) is 6.72. The van der Waals surface area contributed by atoms with Gasteiger partial charge in [0.1, 0.15) is 0 Å². The molecule has 0 saturated carbocycles. The van der Waals surface area contributed by atoms with Crippen LogP contribution in [0.1, 0.15) is 39.0 Å². The first-order valence-corrected chi connectivity index (χ1v) is 6.72. The minimum absolute atomic E-state index is 0.0444. The number of amides is 1. The molecule has 4 nitrogen and oxygen atoms in total. The minimum atomic E-state index is -0.150. The summed E-state index contributed by atoms with van der Waals surface area (Å²) in [6.45, 7) is 4.70. The maximum absolute atomic E-state index is 12.4. The lowest BCUT2D eigenvalue weighted by molar-refractivity contribution is -0.142. The second kappa shape index (κ2) is 5.36. The van der Waals surface area contributed by atoms with Crippen LogP contribution in [0, 0.1) is 0 Å². The number of hydrogen-bond acceptors (Lipinski definition) is 3. The second-order valence-corrected chi connectivity index (χ2v) is 5.52. The summed E-state index contributed by atoms with van der Waals surface area (Å²) in [5.74, 6) is 0.271. The summed E-state index contributed by atoms with van der Waals surface area (Å²) in [5.41, 5.74) is -0.150. The third-order valence-corrected chi connectivity index (χ3v) is 4.07. The Morgan fingerprint density at radius 3 is 2.88 bits per heavy atom. The molecular weight excluding hydrogens is 216 g/mol. The lowest BCUT2D eigenvalue weighted by atomic mass is 9.93. The van der Waals surface area contributed by atoms with E-state index in [0.717, 1.165) is 38.9 Å². The highest BCUT2D eigenvalue weighted by Gasteiger charge is 2.35. The van der Waals surface area contributed by atoms with Crippen LogP contribution >= 0.6 is 0 Å². The summed E-state index contributed by atoms with van der Waals surface area (Å²) in [5, 5.41) is 3.33. The van der Waals surface area contributed by atoms with E-state index in [4.69, 9.17) is 4.74 Å². The van der Waals surface area contributed by atoms with Gasteiger partial charge in [-0.2, -0.15) is 0 Å². The number of nitrogens with one attached hydrogen (secondary N) is 1. The first-order chi connectivity index (χ1) is 8.14. The number of likely N-dealkylation sites (tertiary alicyclic amines) is 1. The molecule has 98 valence electrons. The summed E-state index contributed by atoms with van der Waals surface area (Å²) >= 11 is 0. The molecule has 2 aliphatic rings. The Bertz CT molecular complexity index is 277. The molecule has 2 atom stereocenters. The molecule has 2 fully saturated rings. The first kappa shape index (κ1) is 12.8. The van der Waals surface area contributed by atoms with Crippen LogP contribution in [-0.4, -0.2) is 49.2 Å². The zero-order valence-electron chi connectivity index (χ0n) is 11.0. The molecule has 1 N–H and O–H groups in total. The Kier molecular flexibility index (Phi) is 4.05. The van der Waals surface area contributed by atoms with E-state index >= 15 is 0 Å². The molecule has 2 saturated heterocycles. The van der Waals surface area contributed by atoms with Crippen LogP contribution < -0.4 is 5.32 Å². The maximum atomic E-state index is 12.4. The topological polar surface area (TPSA) is 41.6 Å². The summed E-state index contributed by atoms with van der Waals surface area (Å²) in [6, 6.07) is 0.0444. The van der Waals surface area contributed by atoms with Gasteiger partial charge in [0.05, 0.1) is 11.6 Å². The molecule has 2 aliphatic heterocycles. The molecule has 0 aliphatic carbocycles. The predicted molar refractivity (Wildman–Crippen MR) is 66.9 cm³/mol. The average Bonchev–Trinajstić information content (AvgIpc) is 2.39. The molecule has 0 aromatic heterocycles. The van der Waals surface area contributed by atoms with E-state index in [1.54, 1.807) is 7.11 Å². The van der Waals surface area contributed by atoms with E-state index in [0.29, 0.717) is 0 Å². The normalized spacial score (nSPS) is 34.7. The van der Waals surface area contributed by atoms with E-state index in [9.17, 15) is 4.79 Å². The van der Waals surface area contributed by atoms with E-state index in [2.05, 4.69) is 12.2 Å². The molecule has 0 radical (unpaired) electrons. The van der Waals surface area contributed by atoms with Gasteiger partial charge in [0.2, 0.25) is 5.91 Å². The summed E-state index contributed by atoms with van der Waals surface area (Å²) in [4.78, 5) is 14.3. The van der Waals surface area contributed by atoms with E-state index < -0.39 is 0 Å². The van der Waals surface area contributed by atoms with Gasteiger partial charge in [0.15, 0.2) is 0 Å². The van der Waals surface area contributed by atoms with E-state index in [1.165, 1.54) is 12.8 Å². The van der Waals surface area contributed by atoms with E-state index in [-0.39, 0.29) is 17.6 Å². The number of carbonyl (C=O) groups is 1. The van der Waals surface area contributed by atoms with Crippen molar-refractivity contribution >= 4 is 5.91 Å². The van der Waals surface area contributed by atoms with Crippen LogP contribution in [0.25, 0.3) is 0 Å². The van der Waals surface area contributed by atoms with Gasteiger partial charge < -0.3 is 15.0 Å². The molecule has 17 heavy (non-hydrogen) atoms. The van der Waals surface area contributed by atoms with Gasteiger partial charge in [-0.3, -0.25) is 4.79 Å². The van der Waals surface area contributed by atoms with Crippen molar-refractivity contribution in [1.82, 2.24) is 10.2 Å². The number of nitrogens with zero attached hydrogens (tertiary/aromatic N) is 1. The smallest absolute Gasteiger partial charge is 0.239 e. The van der Waals surface area contributed by atoms with Crippen molar-refractivity contribution in [3.05, 3.63) is 0 Å². The van der Waals surface area contributed by atoms with Gasteiger partial charge in [-0.05, 0) is 39.2 Å². The Morgan fingerprint density at radius 2 is 2.24 bits per heavy atom. The number of methoxy groups -OCH3 is 1.